The summed E-state index contributed by atoms with van der Waals surface area (Å²) >= 11 is 1.55. The number of carbonyl (C=O) groups is 1. The second kappa shape index (κ2) is 10.1. The van der Waals surface area contributed by atoms with Crippen LogP contribution in [0.2, 0.25) is 0 Å². The van der Waals surface area contributed by atoms with Crippen LogP contribution in [0.4, 0.5) is 4.79 Å². The molecule has 0 aliphatic rings. The van der Waals surface area contributed by atoms with E-state index in [0.717, 1.165) is 16.5 Å². The van der Waals surface area contributed by atoms with Gasteiger partial charge in [0.15, 0.2) is 0 Å². The normalized spacial score (nSPS) is 10.9. The van der Waals surface area contributed by atoms with E-state index >= 15 is 0 Å². The Morgan fingerprint density at radius 3 is 2.74 bits per heavy atom. The van der Waals surface area contributed by atoms with E-state index < -0.39 is 0 Å². The molecule has 2 rings (SSSR count). The Hall–Kier alpha value is -2.34. The van der Waals surface area contributed by atoms with E-state index in [2.05, 4.69) is 36.8 Å². The first kappa shape index (κ1) is 21.0. The summed E-state index contributed by atoms with van der Waals surface area (Å²) in [6, 6.07) is 8.07. The summed E-state index contributed by atoms with van der Waals surface area (Å²) < 4.78 is 5.99. The highest BCUT2D eigenvalue weighted by atomic mass is 32.1. The maximum atomic E-state index is 12.3. The van der Waals surface area contributed by atoms with Gasteiger partial charge in [-0.25, -0.2) is 9.78 Å². The van der Waals surface area contributed by atoms with Crippen molar-refractivity contribution in [3.8, 4) is 5.75 Å². The smallest absolute Gasteiger partial charge is 0.318 e. The van der Waals surface area contributed by atoms with Crippen LogP contribution >= 0.6 is 11.3 Å². The fraction of sp³-hybridized carbons (Fsp3) is 0.429. The molecule has 1 aromatic carbocycles. The van der Waals surface area contributed by atoms with Gasteiger partial charge in [0.2, 0.25) is 0 Å². The highest BCUT2D eigenvalue weighted by Gasteiger charge is 2.15. The molecule has 2 amide bonds. The van der Waals surface area contributed by atoms with Gasteiger partial charge in [0, 0.05) is 18.0 Å². The van der Waals surface area contributed by atoms with Crippen LogP contribution in [-0.2, 0) is 13.2 Å². The molecule has 5 nitrogen and oxygen atoms in total. The minimum Gasteiger partial charge on any atom is -0.486 e. The topological polar surface area (TPSA) is 54.5 Å². The number of hydrogen-bond donors (Lipinski definition) is 1. The van der Waals surface area contributed by atoms with E-state index in [4.69, 9.17) is 4.74 Å². The Labute approximate surface area is 166 Å². The Kier molecular flexibility index (Phi) is 7.85. The quantitative estimate of drug-likeness (QED) is 0.619. The van der Waals surface area contributed by atoms with E-state index in [1.54, 1.807) is 22.3 Å². The molecule has 27 heavy (non-hydrogen) atoms. The Morgan fingerprint density at radius 1 is 1.33 bits per heavy atom. The third-order valence-corrected chi connectivity index (χ3v) is 4.76. The van der Waals surface area contributed by atoms with E-state index in [-0.39, 0.29) is 12.1 Å². The number of urea groups is 1. The van der Waals surface area contributed by atoms with Crippen molar-refractivity contribution < 1.29 is 9.53 Å². The Bertz CT molecular complexity index is 755. The van der Waals surface area contributed by atoms with Crippen LogP contribution in [0.25, 0.3) is 0 Å². The molecule has 0 radical (unpaired) electrons. The maximum absolute atomic E-state index is 12.3. The molecule has 2 aromatic rings. The van der Waals surface area contributed by atoms with E-state index in [1.807, 2.05) is 37.4 Å². The number of aromatic nitrogens is 1. The maximum Gasteiger partial charge on any atom is 0.318 e. The van der Waals surface area contributed by atoms with Crippen molar-refractivity contribution in [2.45, 2.75) is 52.8 Å². The first-order chi connectivity index (χ1) is 12.9. The largest absolute Gasteiger partial charge is 0.486 e. The summed E-state index contributed by atoms with van der Waals surface area (Å²) in [7, 11) is 0. The predicted molar refractivity (Wildman–Crippen MR) is 111 cm³/mol. The molecule has 6 heteroatoms. The van der Waals surface area contributed by atoms with Gasteiger partial charge in [0.25, 0.3) is 0 Å². The molecule has 0 fully saturated rings. The molecular weight excluding hydrogens is 358 g/mol. The fourth-order valence-electron chi connectivity index (χ4n) is 2.63. The summed E-state index contributed by atoms with van der Waals surface area (Å²) in [5.41, 5.74) is 2.05. The highest BCUT2D eigenvalue weighted by molar-refractivity contribution is 7.09. The Morgan fingerprint density at radius 2 is 2.07 bits per heavy atom. The number of thiazole rings is 1. The van der Waals surface area contributed by atoms with Crippen molar-refractivity contribution in [2.24, 2.45) is 0 Å². The molecule has 0 unspecified atom stereocenters. The molecule has 0 aliphatic heterocycles. The van der Waals surface area contributed by atoms with Gasteiger partial charge in [-0.3, -0.25) is 0 Å². The molecule has 0 atom stereocenters. The van der Waals surface area contributed by atoms with Gasteiger partial charge in [-0.2, -0.15) is 0 Å². The second-order valence-corrected chi connectivity index (χ2v) is 7.93. The number of nitrogens with zero attached hydrogens (tertiary/aromatic N) is 2. The number of amides is 2. The van der Waals surface area contributed by atoms with Crippen LogP contribution in [0.1, 0.15) is 49.9 Å². The summed E-state index contributed by atoms with van der Waals surface area (Å²) in [6.07, 6.45) is 1.72. The monoisotopic (exact) mass is 387 g/mol. The molecule has 0 bridgehead atoms. The third kappa shape index (κ3) is 6.40. The van der Waals surface area contributed by atoms with Crippen LogP contribution in [0.15, 0.2) is 42.3 Å². The number of carbonyl (C=O) groups excluding carboxylic acids is 1. The zero-order valence-corrected chi connectivity index (χ0v) is 17.4. The van der Waals surface area contributed by atoms with Gasteiger partial charge in [-0.15, -0.1) is 17.9 Å². The van der Waals surface area contributed by atoms with E-state index in [1.165, 1.54) is 5.56 Å². The first-order valence-electron chi connectivity index (χ1n) is 9.22. The number of benzene rings is 1. The average molecular weight is 388 g/mol. The van der Waals surface area contributed by atoms with Crippen molar-refractivity contribution in [2.75, 3.05) is 6.54 Å². The summed E-state index contributed by atoms with van der Waals surface area (Å²) in [4.78, 5) is 18.6. The van der Waals surface area contributed by atoms with Crippen LogP contribution in [-0.4, -0.2) is 28.5 Å². The molecule has 0 aliphatic carbocycles. The molecule has 1 heterocycles. The number of rotatable bonds is 9. The molecule has 0 spiro atoms. The summed E-state index contributed by atoms with van der Waals surface area (Å²) in [6.45, 7) is 13.3. The van der Waals surface area contributed by atoms with Crippen molar-refractivity contribution in [3.63, 3.8) is 0 Å². The first-order valence-corrected chi connectivity index (χ1v) is 10.1. The third-order valence-electron chi connectivity index (χ3n) is 3.89. The lowest BCUT2D eigenvalue weighted by Gasteiger charge is -2.22. The summed E-state index contributed by atoms with van der Waals surface area (Å²) in [5, 5.41) is 5.78. The molecule has 0 saturated carbocycles. The SMILES string of the molecule is C=CCN(Cc1csc(COc2ccccc2C(C)C)n1)C(=O)NC(C)C. The van der Waals surface area contributed by atoms with Crippen molar-refractivity contribution in [1.29, 1.82) is 0 Å². The van der Waals surface area contributed by atoms with Gasteiger partial charge in [0.1, 0.15) is 17.4 Å². The zero-order chi connectivity index (χ0) is 19.8. The number of ether oxygens (including phenoxy) is 1. The standard InChI is InChI=1S/C21H29N3O2S/c1-6-11-24(21(25)22-16(4)5)12-17-14-27-20(23-17)13-26-19-10-8-7-9-18(19)15(2)3/h6-10,14-16H,1,11-13H2,2-5H3,(H,22,25). The molecular formula is C21H29N3O2S. The van der Waals surface area contributed by atoms with E-state index in [0.29, 0.717) is 25.6 Å². The van der Waals surface area contributed by atoms with Gasteiger partial charge < -0.3 is 15.0 Å². The number of para-hydroxylation sites is 1. The Balaban J connectivity index is 1.99. The molecule has 1 N–H and O–H groups in total. The average Bonchev–Trinajstić information content (AvgIpc) is 3.06. The zero-order valence-electron chi connectivity index (χ0n) is 16.6. The van der Waals surface area contributed by atoms with Gasteiger partial charge in [-0.05, 0) is 31.4 Å². The van der Waals surface area contributed by atoms with Crippen LogP contribution in [0.5, 0.6) is 5.75 Å². The van der Waals surface area contributed by atoms with E-state index in [9.17, 15) is 4.79 Å². The molecule has 1 aromatic heterocycles. The van der Waals surface area contributed by atoms with Crippen LogP contribution in [0.3, 0.4) is 0 Å². The summed E-state index contributed by atoms with van der Waals surface area (Å²) in [5.74, 6) is 1.30. The number of hydrogen-bond acceptors (Lipinski definition) is 4. The second-order valence-electron chi connectivity index (χ2n) is 6.99. The fourth-order valence-corrected chi connectivity index (χ4v) is 3.32. The predicted octanol–water partition coefficient (Wildman–Crippen LogP) is 4.95. The minimum absolute atomic E-state index is 0.0882. The van der Waals surface area contributed by atoms with Crippen molar-refractivity contribution in [1.82, 2.24) is 15.2 Å². The highest BCUT2D eigenvalue weighted by Crippen LogP contribution is 2.27. The van der Waals surface area contributed by atoms with Gasteiger partial charge in [0.05, 0.1) is 12.2 Å². The molecule has 0 saturated heterocycles. The lowest BCUT2D eigenvalue weighted by atomic mass is 10.0. The van der Waals surface area contributed by atoms with Crippen molar-refractivity contribution >= 4 is 17.4 Å². The lowest BCUT2D eigenvalue weighted by molar-refractivity contribution is 0.198. The number of nitrogens with one attached hydrogen (secondary N) is 1. The minimum atomic E-state index is -0.110. The van der Waals surface area contributed by atoms with Crippen LogP contribution in [0, 0.1) is 0 Å². The van der Waals surface area contributed by atoms with Gasteiger partial charge in [-0.1, -0.05) is 38.1 Å². The van der Waals surface area contributed by atoms with Crippen LogP contribution < -0.4 is 10.1 Å². The van der Waals surface area contributed by atoms with Gasteiger partial charge >= 0.3 is 6.03 Å². The lowest BCUT2D eigenvalue weighted by Crippen LogP contribution is -2.42. The molecule has 146 valence electrons. The van der Waals surface area contributed by atoms with Crippen molar-refractivity contribution in [3.05, 3.63) is 58.6 Å².